The second-order valence-corrected chi connectivity index (χ2v) is 6.39. The van der Waals surface area contributed by atoms with E-state index in [9.17, 15) is 4.79 Å². The molecule has 0 saturated heterocycles. The Hall–Kier alpha value is -1.76. The maximum atomic E-state index is 11.7. The topological polar surface area (TPSA) is 56.8 Å². The number of ether oxygens (including phenoxy) is 3. The number of hydrogen-bond donors (Lipinski definition) is 1. The van der Waals surface area contributed by atoms with Crippen molar-refractivity contribution in [3.05, 3.63) is 45.1 Å². The molecule has 0 spiro atoms. The van der Waals surface area contributed by atoms with Crippen LogP contribution >= 0.6 is 22.9 Å². The lowest BCUT2D eigenvalue weighted by Crippen LogP contribution is -2.26. The second-order valence-electron chi connectivity index (χ2n) is 4.95. The Morgan fingerprint density at radius 1 is 1.35 bits per heavy atom. The molecule has 1 aliphatic heterocycles. The van der Waals surface area contributed by atoms with Crippen LogP contribution in [0.1, 0.15) is 10.4 Å². The molecule has 1 aromatic heterocycles. The molecule has 0 saturated carbocycles. The third-order valence-electron chi connectivity index (χ3n) is 3.20. The Bertz CT molecular complexity index is 675. The quantitative estimate of drug-likeness (QED) is 0.867. The average molecular weight is 354 g/mol. The van der Waals surface area contributed by atoms with Crippen LogP contribution in [-0.2, 0) is 22.7 Å². The minimum Gasteiger partial charge on any atom is -0.486 e. The Kier molecular flexibility index (Phi) is 5.38. The molecule has 2 aromatic rings. The van der Waals surface area contributed by atoms with E-state index in [1.807, 2.05) is 23.6 Å². The van der Waals surface area contributed by atoms with E-state index in [0.29, 0.717) is 36.3 Å². The largest absolute Gasteiger partial charge is 0.486 e. The van der Waals surface area contributed by atoms with Gasteiger partial charge in [-0.05, 0) is 29.1 Å². The van der Waals surface area contributed by atoms with E-state index in [1.54, 1.807) is 17.4 Å². The molecule has 122 valence electrons. The van der Waals surface area contributed by atoms with E-state index >= 15 is 0 Å². The highest BCUT2D eigenvalue weighted by molar-refractivity contribution is 7.09. The van der Waals surface area contributed by atoms with Crippen LogP contribution in [0.2, 0.25) is 5.02 Å². The SMILES string of the molecule is O=C(COCc1cc(Cl)c2c(c1)OCCO2)NCc1cccs1. The first-order valence-corrected chi connectivity index (χ1v) is 8.43. The molecule has 0 bridgehead atoms. The van der Waals surface area contributed by atoms with E-state index < -0.39 is 0 Å². The van der Waals surface area contributed by atoms with Gasteiger partial charge in [0.15, 0.2) is 11.5 Å². The Morgan fingerprint density at radius 3 is 3.04 bits per heavy atom. The molecule has 0 atom stereocenters. The molecule has 2 heterocycles. The van der Waals surface area contributed by atoms with Gasteiger partial charge in [-0.25, -0.2) is 0 Å². The first kappa shape index (κ1) is 16.1. The van der Waals surface area contributed by atoms with Crippen molar-refractivity contribution in [1.29, 1.82) is 0 Å². The maximum absolute atomic E-state index is 11.7. The van der Waals surface area contributed by atoms with Crippen molar-refractivity contribution in [3.63, 3.8) is 0 Å². The molecule has 1 N–H and O–H groups in total. The Labute approximate surface area is 143 Å². The first-order valence-electron chi connectivity index (χ1n) is 7.17. The summed E-state index contributed by atoms with van der Waals surface area (Å²) >= 11 is 7.76. The van der Waals surface area contributed by atoms with Crippen molar-refractivity contribution in [1.82, 2.24) is 5.32 Å². The first-order chi connectivity index (χ1) is 11.2. The molecule has 0 unspecified atom stereocenters. The maximum Gasteiger partial charge on any atom is 0.246 e. The van der Waals surface area contributed by atoms with Gasteiger partial charge in [-0.1, -0.05) is 17.7 Å². The summed E-state index contributed by atoms with van der Waals surface area (Å²) in [5, 5.41) is 5.27. The van der Waals surface area contributed by atoms with Crippen molar-refractivity contribution in [2.75, 3.05) is 19.8 Å². The fraction of sp³-hybridized carbons (Fsp3) is 0.312. The minimum atomic E-state index is -0.151. The number of benzene rings is 1. The number of thiophene rings is 1. The molecule has 0 radical (unpaired) electrons. The van der Waals surface area contributed by atoms with Gasteiger partial charge in [-0.15, -0.1) is 11.3 Å². The summed E-state index contributed by atoms with van der Waals surface area (Å²) in [4.78, 5) is 12.8. The molecule has 23 heavy (non-hydrogen) atoms. The molecule has 0 aliphatic carbocycles. The summed E-state index contributed by atoms with van der Waals surface area (Å²) in [6.45, 7) is 1.79. The van der Waals surface area contributed by atoms with E-state index in [0.717, 1.165) is 10.4 Å². The van der Waals surface area contributed by atoms with Crippen LogP contribution in [0, 0.1) is 0 Å². The molecule has 1 aliphatic rings. The number of fused-ring (bicyclic) bond motifs is 1. The molecular formula is C16H16ClNO4S. The zero-order valence-corrected chi connectivity index (χ0v) is 13.9. The van der Waals surface area contributed by atoms with Crippen LogP contribution < -0.4 is 14.8 Å². The lowest BCUT2D eigenvalue weighted by molar-refractivity contribution is -0.126. The predicted octanol–water partition coefficient (Wildman–Crippen LogP) is 3.01. The molecule has 7 heteroatoms. The lowest BCUT2D eigenvalue weighted by atomic mass is 10.2. The molecule has 3 rings (SSSR count). The number of nitrogens with one attached hydrogen (secondary N) is 1. The molecule has 1 amide bonds. The van der Waals surface area contributed by atoms with Crippen molar-refractivity contribution in [3.8, 4) is 11.5 Å². The van der Waals surface area contributed by atoms with Crippen molar-refractivity contribution in [2.45, 2.75) is 13.2 Å². The van der Waals surface area contributed by atoms with Gasteiger partial charge in [0.2, 0.25) is 5.91 Å². The van der Waals surface area contributed by atoms with Crippen molar-refractivity contribution < 1.29 is 19.0 Å². The number of carbonyl (C=O) groups excluding carboxylic acids is 1. The van der Waals surface area contributed by atoms with E-state index in [-0.39, 0.29) is 19.1 Å². The van der Waals surface area contributed by atoms with Crippen LogP contribution in [0.4, 0.5) is 0 Å². The van der Waals surface area contributed by atoms with Gasteiger partial charge in [0.1, 0.15) is 19.8 Å². The van der Waals surface area contributed by atoms with Crippen LogP contribution in [0.3, 0.4) is 0 Å². The molecular weight excluding hydrogens is 338 g/mol. The van der Waals surface area contributed by atoms with Gasteiger partial charge in [0, 0.05) is 4.88 Å². The van der Waals surface area contributed by atoms with Crippen molar-refractivity contribution >= 4 is 28.8 Å². The average Bonchev–Trinajstić information content (AvgIpc) is 3.06. The Morgan fingerprint density at radius 2 is 2.22 bits per heavy atom. The number of hydrogen-bond acceptors (Lipinski definition) is 5. The van der Waals surface area contributed by atoms with Crippen LogP contribution in [0.5, 0.6) is 11.5 Å². The number of carbonyl (C=O) groups is 1. The summed E-state index contributed by atoms with van der Waals surface area (Å²) < 4.78 is 16.4. The molecule has 5 nitrogen and oxygen atoms in total. The van der Waals surface area contributed by atoms with Gasteiger partial charge >= 0.3 is 0 Å². The van der Waals surface area contributed by atoms with Crippen LogP contribution in [0.25, 0.3) is 0 Å². The van der Waals surface area contributed by atoms with E-state index in [4.69, 9.17) is 25.8 Å². The molecule has 0 fully saturated rings. The van der Waals surface area contributed by atoms with Crippen molar-refractivity contribution in [2.24, 2.45) is 0 Å². The smallest absolute Gasteiger partial charge is 0.246 e. The third kappa shape index (κ3) is 4.37. The van der Waals surface area contributed by atoms with Gasteiger partial charge in [-0.3, -0.25) is 4.79 Å². The standard InChI is InChI=1S/C16H16ClNO4S/c17-13-6-11(7-14-16(13)22-4-3-21-14)9-20-10-15(19)18-8-12-2-1-5-23-12/h1-2,5-7H,3-4,8-10H2,(H,18,19). The fourth-order valence-corrected chi connectivity index (χ4v) is 3.09. The van der Waals surface area contributed by atoms with Gasteiger partial charge < -0.3 is 19.5 Å². The number of amides is 1. The van der Waals surface area contributed by atoms with Gasteiger partial charge in [0.05, 0.1) is 18.2 Å². The summed E-state index contributed by atoms with van der Waals surface area (Å²) in [7, 11) is 0. The Balaban J connectivity index is 1.47. The highest BCUT2D eigenvalue weighted by Crippen LogP contribution is 2.38. The monoisotopic (exact) mass is 353 g/mol. The van der Waals surface area contributed by atoms with E-state index in [1.165, 1.54) is 0 Å². The summed E-state index contributed by atoms with van der Waals surface area (Å²) in [5.41, 5.74) is 0.838. The number of halogens is 1. The summed E-state index contributed by atoms with van der Waals surface area (Å²) in [5.74, 6) is 1.03. The predicted molar refractivity (Wildman–Crippen MR) is 88.3 cm³/mol. The molecule has 1 aromatic carbocycles. The summed E-state index contributed by atoms with van der Waals surface area (Å²) in [6.07, 6.45) is 0. The third-order valence-corrected chi connectivity index (χ3v) is 4.36. The normalized spacial score (nSPS) is 12.9. The number of rotatable bonds is 6. The summed E-state index contributed by atoms with van der Waals surface area (Å²) in [6, 6.07) is 7.51. The van der Waals surface area contributed by atoms with Crippen LogP contribution in [-0.4, -0.2) is 25.7 Å². The van der Waals surface area contributed by atoms with Crippen LogP contribution in [0.15, 0.2) is 29.6 Å². The highest BCUT2D eigenvalue weighted by Gasteiger charge is 2.16. The van der Waals surface area contributed by atoms with Gasteiger partial charge in [-0.2, -0.15) is 0 Å². The van der Waals surface area contributed by atoms with Gasteiger partial charge in [0.25, 0.3) is 0 Å². The second kappa shape index (κ2) is 7.68. The minimum absolute atomic E-state index is 0.00254. The lowest BCUT2D eigenvalue weighted by Gasteiger charge is -2.20. The fourth-order valence-electron chi connectivity index (χ4n) is 2.16. The highest BCUT2D eigenvalue weighted by atomic mass is 35.5. The van der Waals surface area contributed by atoms with E-state index in [2.05, 4.69) is 5.32 Å². The zero-order valence-electron chi connectivity index (χ0n) is 12.3. The zero-order chi connectivity index (χ0) is 16.1.